The number of halogens is 3. The maximum Gasteiger partial charge on any atom is 0.391 e. The molecule has 0 radical (unpaired) electrons. The number of amides is 4. The molecule has 2 unspecified atom stereocenters. The van der Waals surface area contributed by atoms with E-state index < -0.39 is 85.9 Å². The van der Waals surface area contributed by atoms with Crippen molar-refractivity contribution in [2.75, 3.05) is 19.6 Å². The Kier molecular flexibility index (Phi) is 11.4. The van der Waals surface area contributed by atoms with Gasteiger partial charge in [-0.15, -0.1) is 6.58 Å². The van der Waals surface area contributed by atoms with Crippen LogP contribution in [0.1, 0.15) is 83.3 Å². The van der Waals surface area contributed by atoms with Crippen molar-refractivity contribution >= 4 is 44.6 Å². The number of fused-ring (bicyclic) bond motifs is 3. The predicted octanol–water partition coefficient (Wildman–Crippen LogP) is 5.66. The summed E-state index contributed by atoms with van der Waals surface area (Å²) in [5.74, 6) is -5.16. The van der Waals surface area contributed by atoms with Gasteiger partial charge in [0.15, 0.2) is 0 Å². The minimum atomic E-state index is -4.36. The van der Waals surface area contributed by atoms with Crippen molar-refractivity contribution in [3.63, 3.8) is 0 Å². The van der Waals surface area contributed by atoms with Gasteiger partial charge in [-0.1, -0.05) is 39.0 Å². The molecule has 0 bridgehead atoms. The lowest BCUT2D eigenvalue weighted by molar-refractivity contribution is -0.186. The topological polar surface area (TPSA) is 168 Å². The van der Waals surface area contributed by atoms with E-state index in [1.165, 1.54) is 21.4 Å². The number of carbonyl (C=O) groups excluding carboxylic acids is 4. The third kappa shape index (κ3) is 8.65. The molecule has 4 fully saturated rings. The Bertz CT molecular complexity index is 2400. The highest BCUT2D eigenvalue weighted by molar-refractivity contribution is 7.91. The van der Waals surface area contributed by atoms with Gasteiger partial charge >= 0.3 is 6.18 Å². The Hall–Kier alpha value is -5.06. The second-order valence-corrected chi connectivity index (χ2v) is 20.6. The standard InChI is InChI=1S/C45H53F3N6O7S/c1-5-27-24-44(27,42(58)52-62(59,60)30-13-14-30)51-40(56)36-21-29(25-54(36)41(57)33(43(2,3)4)22-38(55)53-19-16-28(17-20-53)45(46,47)48)61-37-23-35(34-11-6-7-18-49-34)50-39-31-10-8-9-26(31)12-15-32(37)39/h5-7,11-12,15,18,23,27-30,33,36H,1,8-10,13-14,16-17,19-22,24-25H2,2-4H3,(H,51,56)(H,52,58)/t27-,29-,33?,36+,44?/m1/s1. The molecule has 2 aromatic heterocycles. The van der Waals surface area contributed by atoms with Crippen LogP contribution in [0.2, 0.25) is 0 Å². The summed E-state index contributed by atoms with van der Waals surface area (Å²) in [5.41, 5.74) is 1.87. The molecule has 4 amide bonds. The number of ether oxygens (including phenoxy) is 1. The average Bonchev–Trinajstić information content (AvgIpc) is 4.12. The molecule has 4 heterocycles. The van der Waals surface area contributed by atoms with Gasteiger partial charge in [-0.05, 0) is 86.1 Å². The summed E-state index contributed by atoms with van der Waals surface area (Å²) in [4.78, 5) is 69.3. The molecule has 2 saturated heterocycles. The molecule has 2 saturated carbocycles. The normalized spacial score (nSPS) is 24.6. The first-order valence-corrected chi connectivity index (χ1v) is 23.0. The van der Waals surface area contributed by atoms with Gasteiger partial charge in [-0.2, -0.15) is 13.2 Å². The maximum absolute atomic E-state index is 15.0. The summed E-state index contributed by atoms with van der Waals surface area (Å²) in [6.07, 6.45) is 0.965. The minimum absolute atomic E-state index is 0.0160. The van der Waals surface area contributed by atoms with E-state index in [0.717, 1.165) is 35.7 Å². The Balaban J connectivity index is 1.11. The summed E-state index contributed by atoms with van der Waals surface area (Å²) in [6.45, 7) is 8.90. The van der Waals surface area contributed by atoms with Crippen molar-refractivity contribution < 1.29 is 45.5 Å². The predicted molar refractivity (Wildman–Crippen MR) is 224 cm³/mol. The molecule has 3 aliphatic carbocycles. The number of pyridine rings is 2. The van der Waals surface area contributed by atoms with Crippen LogP contribution in [-0.4, -0.2) is 101 Å². The third-order valence-electron chi connectivity index (χ3n) is 13.4. The van der Waals surface area contributed by atoms with Crippen LogP contribution in [0.3, 0.4) is 0 Å². The van der Waals surface area contributed by atoms with E-state index in [4.69, 9.17) is 9.72 Å². The van der Waals surface area contributed by atoms with Crippen LogP contribution in [0.5, 0.6) is 5.75 Å². The number of hydrogen-bond donors (Lipinski definition) is 2. The lowest BCUT2D eigenvalue weighted by Gasteiger charge is -2.37. The molecule has 2 N–H and O–H groups in total. The van der Waals surface area contributed by atoms with Crippen molar-refractivity contribution in [3.8, 4) is 17.1 Å². The number of nitrogens with zero attached hydrogens (tertiary/aromatic N) is 4. The van der Waals surface area contributed by atoms with E-state index in [2.05, 4.69) is 27.7 Å². The van der Waals surface area contributed by atoms with Crippen LogP contribution >= 0.6 is 0 Å². The molecule has 17 heteroatoms. The van der Waals surface area contributed by atoms with Gasteiger partial charge in [0.2, 0.25) is 27.7 Å². The van der Waals surface area contributed by atoms with Gasteiger partial charge in [0.25, 0.3) is 5.91 Å². The molecule has 13 nitrogen and oxygen atoms in total. The van der Waals surface area contributed by atoms with Gasteiger partial charge in [0.05, 0.1) is 40.5 Å². The second kappa shape index (κ2) is 16.2. The Labute approximate surface area is 359 Å². The largest absolute Gasteiger partial charge is 0.488 e. The fourth-order valence-corrected chi connectivity index (χ4v) is 10.7. The first kappa shape index (κ1) is 43.6. The van der Waals surface area contributed by atoms with Crippen molar-refractivity contribution in [3.05, 3.63) is 66.4 Å². The SMILES string of the molecule is C=C[C@@H]1CC1(NC(=O)[C@@H]1C[C@@H](Oc2cc(-c3ccccn3)nc3c4c(ccc23)CCC4)CN1C(=O)C(CC(=O)N1CCC(C(F)(F)F)CC1)C(C)(C)C)C(=O)NS(=O)(=O)C1CC1. The zero-order valence-electron chi connectivity index (χ0n) is 35.2. The van der Waals surface area contributed by atoms with E-state index in [9.17, 15) is 40.8 Å². The Morgan fingerprint density at radius 2 is 1.77 bits per heavy atom. The van der Waals surface area contributed by atoms with E-state index in [1.54, 1.807) is 33.0 Å². The van der Waals surface area contributed by atoms with Crippen molar-refractivity contribution in [1.29, 1.82) is 0 Å². The number of aryl methyl sites for hydroxylation is 2. The Morgan fingerprint density at radius 1 is 1.03 bits per heavy atom. The molecule has 8 rings (SSSR count). The van der Waals surface area contributed by atoms with Crippen LogP contribution < -0.4 is 14.8 Å². The average molecular weight is 879 g/mol. The van der Waals surface area contributed by atoms with Crippen LogP contribution in [0, 0.1) is 23.2 Å². The molecular formula is C45H53F3N6O7S. The van der Waals surface area contributed by atoms with E-state index in [-0.39, 0.29) is 51.7 Å². The number of aromatic nitrogens is 2. The number of rotatable bonds is 12. The second-order valence-electron chi connectivity index (χ2n) is 18.7. The Morgan fingerprint density at radius 3 is 2.40 bits per heavy atom. The highest BCUT2D eigenvalue weighted by Crippen LogP contribution is 2.46. The molecule has 3 aromatic rings. The fraction of sp³-hybridized carbons (Fsp3) is 0.556. The number of likely N-dealkylation sites (tertiary alicyclic amines) is 2. The quantitative estimate of drug-likeness (QED) is 0.219. The van der Waals surface area contributed by atoms with Gasteiger partial charge < -0.3 is 19.9 Å². The fourth-order valence-electron chi connectivity index (χ4n) is 9.37. The molecule has 0 spiro atoms. The smallest absolute Gasteiger partial charge is 0.391 e. The molecule has 2 aliphatic heterocycles. The molecule has 332 valence electrons. The number of sulfonamides is 1. The summed E-state index contributed by atoms with van der Waals surface area (Å²) < 4.78 is 75.0. The summed E-state index contributed by atoms with van der Waals surface area (Å²) in [6, 6.07) is 10.1. The minimum Gasteiger partial charge on any atom is -0.488 e. The first-order chi connectivity index (χ1) is 29.3. The highest BCUT2D eigenvalue weighted by Gasteiger charge is 2.62. The number of piperidine rings is 1. The van der Waals surface area contributed by atoms with Crippen LogP contribution in [-0.2, 0) is 42.0 Å². The monoisotopic (exact) mass is 878 g/mol. The lowest BCUT2D eigenvalue weighted by Crippen LogP contribution is -2.57. The van der Waals surface area contributed by atoms with Gasteiger partial charge in [-0.3, -0.25) is 28.9 Å². The molecule has 1 aromatic carbocycles. The third-order valence-corrected chi connectivity index (χ3v) is 15.2. The van der Waals surface area contributed by atoms with Crippen LogP contribution in [0.4, 0.5) is 13.2 Å². The van der Waals surface area contributed by atoms with E-state index in [1.807, 2.05) is 24.3 Å². The van der Waals surface area contributed by atoms with Crippen molar-refractivity contribution in [2.45, 2.75) is 114 Å². The van der Waals surface area contributed by atoms with E-state index >= 15 is 0 Å². The number of hydrogen-bond acceptors (Lipinski definition) is 9. The number of carbonyl (C=O) groups is 4. The molecular weight excluding hydrogens is 826 g/mol. The van der Waals surface area contributed by atoms with Crippen LogP contribution in [0.25, 0.3) is 22.3 Å². The number of nitrogens with one attached hydrogen (secondary N) is 2. The van der Waals surface area contributed by atoms with Gasteiger partial charge in [-0.25, -0.2) is 13.4 Å². The van der Waals surface area contributed by atoms with E-state index in [0.29, 0.717) is 30.0 Å². The van der Waals surface area contributed by atoms with Crippen molar-refractivity contribution in [2.24, 2.45) is 23.2 Å². The summed E-state index contributed by atoms with van der Waals surface area (Å²) in [7, 11) is -3.96. The van der Waals surface area contributed by atoms with Crippen molar-refractivity contribution in [1.82, 2.24) is 29.8 Å². The zero-order valence-corrected chi connectivity index (χ0v) is 36.0. The van der Waals surface area contributed by atoms with Crippen LogP contribution in [0.15, 0.2) is 55.3 Å². The molecule has 5 aliphatic rings. The maximum atomic E-state index is 15.0. The zero-order chi connectivity index (χ0) is 44.4. The lowest BCUT2D eigenvalue weighted by atomic mass is 9.77. The molecule has 62 heavy (non-hydrogen) atoms. The summed E-state index contributed by atoms with van der Waals surface area (Å²) >= 11 is 0. The highest BCUT2D eigenvalue weighted by atomic mass is 32.2. The first-order valence-electron chi connectivity index (χ1n) is 21.5. The molecule has 5 atom stereocenters. The number of alkyl halides is 3. The van der Waals surface area contributed by atoms with Gasteiger partial charge in [0.1, 0.15) is 23.4 Å². The number of benzene rings is 1. The summed E-state index contributed by atoms with van der Waals surface area (Å²) in [5, 5.41) is 2.88. The van der Waals surface area contributed by atoms with Gasteiger partial charge in [0, 0.05) is 49.5 Å².